The molecule has 2 heterocycles. The molecule has 0 bridgehead atoms. The molecule has 31 heavy (non-hydrogen) atoms. The number of rotatable bonds is 6. The molecule has 0 spiro atoms. The summed E-state index contributed by atoms with van der Waals surface area (Å²) < 4.78 is 24.1. The van der Waals surface area contributed by atoms with E-state index in [4.69, 9.17) is 10.1 Å². The van der Waals surface area contributed by atoms with Gasteiger partial charge in [0, 0.05) is 32.4 Å². The van der Waals surface area contributed by atoms with E-state index in [-0.39, 0.29) is 10.9 Å². The molecule has 0 saturated carbocycles. The van der Waals surface area contributed by atoms with E-state index in [0.717, 1.165) is 11.3 Å². The molecule has 2 aromatic carbocycles. The second-order valence-electron chi connectivity index (χ2n) is 7.74. The van der Waals surface area contributed by atoms with Crippen LogP contribution in [0.25, 0.3) is 0 Å². The number of benzene rings is 2. The third-order valence-electron chi connectivity index (χ3n) is 5.21. The van der Waals surface area contributed by atoms with Crippen LogP contribution in [0.3, 0.4) is 0 Å². The van der Waals surface area contributed by atoms with Crippen LogP contribution in [0.4, 0.5) is 23.3 Å². The SMILES string of the molecule is CC1Cc2c(cccc2S(N)(=O)=O)N1c1nnc(N(C)C)c(NCc2ccccc2)n1. The second-order valence-corrected chi connectivity index (χ2v) is 9.27. The molecule has 0 radical (unpaired) electrons. The van der Waals surface area contributed by atoms with Gasteiger partial charge in [-0.3, -0.25) is 0 Å². The minimum absolute atomic E-state index is 0.0492. The fraction of sp³-hybridized carbons (Fsp3) is 0.286. The number of nitrogens with zero attached hydrogens (tertiary/aromatic N) is 5. The third kappa shape index (κ3) is 4.17. The maximum atomic E-state index is 12.0. The molecule has 1 unspecified atom stereocenters. The molecule has 3 N–H and O–H groups in total. The van der Waals surface area contributed by atoms with E-state index in [0.29, 0.717) is 36.1 Å². The van der Waals surface area contributed by atoms with Crippen molar-refractivity contribution in [2.45, 2.75) is 30.8 Å². The first-order valence-electron chi connectivity index (χ1n) is 9.89. The molecule has 0 saturated heterocycles. The van der Waals surface area contributed by atoms with E-state index in [1.165, 1.54) is 6.07 Å². The smallest absolute Gasteiger partial charge is 0.252 e. The van der Waals surface area contributed by atoms with Gasteiger partial charge in [-0.15, -0.1) is 10.2 Å². The lowest BCUT2D eigenvalue weighted by Crippen LogP contribution is -2.27. The summed E-state index contributed by atoms with van der Waals surface area (Å²) in [6.07, 6.45) is 0.521. The van der Waals surface area contributed by atoms with E-state index >= 15 is 0 Å². The Bertz CT molecular complexity index is 1200. The molecule has 1 atom stereocenters. The number of aromatic nitrogens is 3. The Labute approximate surface area is 182 Å². The monoisotopic (exact) mass is 439 g/mol. The first kappa shape index (κ1) is 21.0. The summed E-state index contributed by atoms with van der Waals surface area (Å²) in [5.41, 5.74) is 2.52. The third-order valence-corrected chi connectivity index (χ3v) is 6.21. The van der Waals surface area contributed by atoms with Crippen LogP contribution in [0.15, 0.2) is 53.4 Å². The lowest BCUT2D eigenvalue weighted by atomic mass is 10.1. The summed E-state index contributed by atoms with van der Waals surface area (Å²) in [6, 6.07) is 15.0. The van der Waals surface area contributed by atoms with Crippen LogP contribution >= 0.6 is 0 Å². The maximum absolute atomic E-state index is 12.0. The molecule has 9 nitrogen and oxygen atoms in total. The lowest BCUT2D eigenvalue weighted by Gasteiger charge is -2.24. The van der Waals surface area contributed by atoms with Gasteiger partial charge in [0.15, 0.2) is 11.6 Å². The van der Waals surface area contributed by atoms with Crippen LogP contribution in [0.1, 0.15) is 18.1 Å². The Morgan fingerprint density at radius 2 is 1.87 bits per heavy atom. The van der Waals surface area contributed by atoms with E-state index in [9.17, 15) is 8.42 Å². The van der Waals surface area contributed by atoms with Gasteiger partial charge in [-0.05, 0) is 36.6 Å². The molecule has 1 aliphatic rings. The number of hydrogen-bond acceptors (Lipinski definition) is 8. The average molecular weight is 440 g/mol. The molecule has 1 aromatic heterocycles. The molecule has 0 fully saturated rings. The van der Waals surface area contributed by atoms with Crippen molar-refractivity contribution >= 4 is 33.3 Å². The Kier molecular flexibility index (Phi) is 5.50. The van der Waals surface area contributed by atoms with Gasteiger partial charge in [-0.2, -0.15) is 4.98 Å². The number of sulfonamides is 1. The van der Waals surface area contributed by atoms with E-state index in [2.05, 4.69) is 15.5 Å². The van der Waals surface area contributed by atoms with Crippen molar-refractivity contribution in [3.05, 3.63) is 59.7 Å². The summed E-state index contributed by atoms with van der Waals surface area (Å²) in [6.45, 7) is 2.58. The molecule has 3 aromatic rings. The number of fused-ring (bicyclic) bond motifs is 1. The van der Waals surface area contributed by atoms with E-state index in [1.807, 2.05) is 67.2 Å². The Hall–Kier alpha value is -3.24. The topological polar surface area (TPSA) is 117 Å². The van der Waals surface area contributed by atoms with Crippen molar-refractivity contribution in [1.82, 2.24) is 15.2 Å². The zero-order valence-electron chi connectivity index (χ0n) is 17.6. The van der Waals surface area contributed by atoms with Gasteiger partial charge in [-0.25, -0.2) is 13.6 Å². The van der Waals surface area contributed by atoms with E-state index < -0.39 is 10.0 Å². The summed E-state index contributed by atoms with van der Waals surface area (Å²) >= 11 is 0. The van der Waals surface area contributed by atoms with Gasteiger partial charge < -0.3 is 15.1 Å². The van der Waals surface area contributed by atoms with Gasteiger partial charge in [0.1, 0.15) is 0 Å². The first-order valence-corrected chi connectivity index (χ1v) is 11.4. The molecule has 162 valence electrons. The molecule has 4 rings (SSSR count). The maximum Gasteiger partial charge on any atom is 0.252 e. The van der Waals surface area contributed by atoms with Crippen molar-refractivity contribution in [1.29, 1.82) is 0 Å². The Balaban J connectivity index is 1.73. The highest BCUT2D eigenvalue weighted by molar-refractivity contribution is 7.89. The highest BCUT2D eigenvalue weighted by atomic mass is 32.2. The Morgan fingerprint density at radius 1 is 1.13 bits per heavy atom. The minimum Gasteiger partial charge on any atom is -0.363 e. The quantitative estimate of drug-likeness (QED) is 0.601. The lowest BCUT2D eigenvalue weighted by molar-refractivity contribution is 0.596. The standard InChI is InChI=1S/C21H25N7O2S/c1-14-12-16-17(10-7-11-18(16)31(22,29)30)28(14)21-24-19(20(25-26-21)27(2)3)23-13-15-8-5-4-6-9-15/h4-11,14H,12-13H2,1-3H3,(H2,22,29,30)(H,23,24,26). The number of nitrogens with two attached hydrogens (primary N) is 1. The van der Waals surface area contributed by atoms with Gasteiger partial charge >= 0.3 is 0 Å². The predicted molar refractivity (Wildman–Crippen MR) is 121 cm³/mol. The van der Waals surface area contributed by atoms with Crippen molar-refractivity contribution in [3.8, 4) is 0 Å². The Morgan fingerprint density at radius 3 is 2.55 bits per heavy atom. The van der Waals surface area contributed by atoms with Crippen LogP contribution in [0, 0.1) is 0 Å². The molecule has 0 amide bonds. The highest BCUT2D eigenvalue weighted by Crippen LogP contribution is 2.40. The molecule has 0 aliphatic carbocycles. The zero-order chi connectivity index (χ0) is 22.2. The summed E-state index contributed by atoms with van der Waals surface area (Å²) in [5.74, 6) is 1.62. The largest absolute Gasteiger partial charge is 0.363 e. The fourth-order valence-electron chi connectivity index (χ4n) is 3.80. The average Bonchev–Trinajstić information content (AvgIpc) is 3.07. The normalized spacial score (nSPS) is 15.6. The first-order chi connectivity index (χ1) is 14.8. The number of hydrogen-bond donors (Lipinski definition) is 2. The molecular formula is C21H25N7O2S. The molecule has 1 aliphatic heterocycles. The van der Waals surface area contributed by atoms with Crippen LogP contribution in [-0.4, -0.2) is 43.7 Å². The second kappa shape index (κ2) is 8.12. The zero-order valence-corrected chi connectivity index (χ0v) is 18.5. The molecular weight excluding hydrogens is 414 g/mol. The van der Waals surface area contributed by atoms with Crippen molar-refractivity contribution in [2.24, 2.45) is 5.14 Å². The van der Waals surface area contributed by atoms with Crippen LogP contribution < -0.4 is 20.3 Å². The van der Waals surface area contributed by atoms with Crippen molar-refractivity contribution in [2.75, 3.05) is 29.2 Å². The van der Waals surface area contributed by atoms with E-state index in [1.54, 1.807) is 6.07 Å². The number of nitrogens with one attached hydrogen (secondary N) is 1. The number of anilines is 4. The molecule has 10 heteroatoms. The summed E-state index contributed by atoms with van der Waals surface area (Å²) in [7, 11) is -0.0642. The summed E-state index contributed by atoms with van der Waals surface area (Å²) in [5, 5.41) is 17.5. The minimum atomic E-state index is -3.82. The predicted octanol–water partition coefficient (Wildman–Crippen LogP) is 2.28. The van der Waals surface area contributed by atoms with Crippen LogP contribution in [0.2, 0.25) is 0 Å². The van der Waals surface area contributed by atoms with Gasteiger partial charge in [0.05, 0.1) is 4.90 Å². The number of primary sulfonamides is 1. The van der Waals surface area contributed by atoms with Crippen LogP contribution in [-0.2, 0) is 23.0 Å². The highest BCUT2D eigenvalue weighted by Gasteiger charge is 2.33. The van der Waals surface area contributed by atoms with Crippen molar-refractivity contribution in [3.63, 3.8) is 0 Å². The van der Waals surface area contributed by atoms with Gasteiger partial charge in [0.2, 0.25) is 10.0 Å². The fourth-order valence-corrected chi connectivity index (χ4v) is 4.60. The van der Waals surface area contributed by atoms with Gasteiger partial charge in [0.25, 0.3) is 5.95 Å². The summed E-state index contributed by atoms with van der Waals surface area (Å²) in [4.78, 5) is 8.64. The van der Waals surface area contributed by atoms with Crippen molar-refractivity contribution < 1.29 is 8.42 Å². The van der Waals surface area contributed by atoms with Crippen LogP contribution in [0.5, 0.6) is 0 Å². The van der Waals surface area contributed by atoms with Gasteiger partial charge in [-0.1, -0.05) is 36.4 Å².